The van der Waals surface area contributed by atoms with Crippen molar-refractivity contribution in [1.82, 2.24) is 5.32 Å². The average molecular weight is 245 g/mol. The summed E-state index contributed by atoms with van der Waals surface area (Å²) in [4.78, 5) is 0. The second-order valence-electron chi connectivity index (χ2n) is 2.92. The maximum atomic E-state index is 11.7. The van der Waals surface area contributed by atoms with Crippen molar-refractivity contribution in [3.63, 3.8) is 0 Å². The minimum atomic E-state index is -4.18. The summed E-state index contributed by atoms with van der Waals surface area (Å²) < 4.78 is 35.1. The first-order valence-electron chi connectivity index (χ1n) is 4.25. The maximum absolute atomic E-state index is 11.7. The summed E-state index contributed by atoms with van der Waals surface area (Å²) in [6.07, 6.45) is 0. The molecule has 0 aliphatic rings. The molecule has 0 aliphatic heterocycles. The lowest BCUT2D eigenvalue weighted by Gasteiger charge is -2.11. The van der Waals surface area contributed by atoms with E-state index in [9.17, 15) is 13.2 Å². The van der Waals surface area contributed by atoms with Crippen LogP contribution >= 0.6 is 11.8 Å². The molecule has 0 amide bonds. The van der Waals surface area contributed by atoms with Crippen LogP contribution in [0.1, 0.15) is 6.92 Å². The summed E-state index contributed by atoms with van der Waals surface area (Å²) in [6, 6.07) is 0. The monoisotopic (exact) mass is 245 g/mol. The van der Waals surface area contributed by atoms with Crippen LogP contribution in [0.15, 0.2) is 5.16 Å². The molecule has 0 aromatic carbocycles. The first-order chi connectivity index (χ1) is 6.87. The molecule has 0 saturated heterocycles. The molecule has 4 N–H and O–H groups in total. The van der Waals surface area contributed by atoms with Gasteiger partial charge in [-0.2, -0.15) is 13.2 Å². The molecule has 8 heteroatoms. The van der Waals surface area contributed by atoms with Gasteiger partial charge in [0.1, 0.15) is 5.84 Å². The normalized spacial score (nSPS) is 15.3. The van der Waals surface area contributed by atoms with Crippen molar-refractivity contribution in [1.29, 1.82) is 0 Å². The van der Waals surface area contributed by atoms with Crippen LogP contribution < -0.4 is 11.1 Å². The van der Waals surface area contributed by atoms with Crippen LogP contribution in [0.3, 0.4) is 0 Å². The average Bonchev–Trinajstić information content (AvgIpc) is 2.14. The van der Waals surface area contributed by atoms with Crippen LogP contribution in [0.25, 0.3) is 0 Å². The fourth-order valence-corrected chi connectivity index (χ4v) is 1.24. The molecule has 90 valence electrons. The van der Waals surface area contributed by atoms with Crippen molar-refractivity contribution in [2.45, 2.75) is 12.4 Å². The minimum Gasteiger partial charge on any atom is -0.409 e. The van der Waals surface area contributed by atoms with E-state index in [-0.39, 0.29) is 35.8 Å². The van der Waals surface area contributed by atoms with Crippen LogP contribution in [0, 0.1) is 5.92 Å². The highest BCUT2D eigenvalue weighted by atomic mass is 32.2. The van der Waals surface area contributed by atoms with Gasteiger partial charge in [0.05, 0.1) is 0 Å². The van der Waals surface area contributed by atoms with Gasteiger partial charge in [-0.25, -0.2) is 0 Å². The van der Waals surface area contributed by atoms with Crippen LogP contribution in [-0.2, 0) is 0 Å². The third kappa shape index (κ3) is 8.37. The molecule has 0 aromatic heterocycles. The fraction of sp³-hybridized carbons (Fsp3) is 0.857. The molecule has 0 heterocycles. The van der Waals surface area contributed by atoms with Crippen LogP contribution in [0.2, 0.25) is 0 Å². The van der Waals surface area contributed by atoms with E-state index >= 15 is 0 Å². The van der Waals surface area contributed by atoms with E-state index in [4.69, 9.17) is 10.9 Å². The Hall–Kier alpha value is -0.630. The summed E-state index contributed by atoms with van der Waals surface area (Å²) in [5.41, 5.74) is 1.09. The summed E-state index contributed by atoms with van der Waals surface area (Å²) in [5, 5.41) is 13.9. The number of thioether (sulfide) groups is 1. The summed E-state index contributed by atoms with van der Waals surface area (Å²) in [6.45, 7) is 2.32. The van der Waals surface area contributed by atoms with Gasteiger partial charge in [0.15, 0.2) is 0 Å². The molecular formula is C7H14F3N3OS. The highest BCUT2D eigenvalue weighted by molar-refractivity contribution is 8.00. The second kappa shape index (κ2) is 6.78. The molecule has 0 saturated carbocycles. The lowest BCUT2D eigenvalue weighted by Crippen LogP contribution is -2.32. The van der Waals surface area contributed by atoms with Crippen molar-refractivity contribution >= 4 is 17.6 Å². The van der Waals surface area contributed by atoms with Crippen LogP contribution in [0.4, 0.5) is 13.2 Å². The van der Waals surface area contributed by atoms with Crippen LogP contribution in [-0.4, -0.2) is 35.4 Å². The number of amidine groups is 1. The summed E-state index contributed by atoms with van der Waals surface area (Å²) in [5.74, 6) is -0.191. The molecule has 0 bridgehead atoms. The molecule has 1 atom stereocenters. The Morgan fingerprint density at radius 2 is 2.20 bits per heavy atom. The van der Waals surface area contributed by atoms with E-state index in [0.29, 0.717) is 6.54 Å². The Morgan fingerprint density at radius 3 is 2.67 bits per heavy atom. The second-order valence-corrected chi connectivity index (χ2v) is 4.08. The molecule has 15 heavy (non-hydrogen) atoms. The van der Waals surface area contributed by atoms with Gasteiger partial charge in [-0.1, -0.05) is 12.1 Å². The zero-order valence-corrected chi connectivity index (χ0v) is 9.03. The summed E-state index contributed by atoms with van der Waals surface area (Å²) in [7, 11) is 0. The van der Waals surface area contributed by atoms with E-state index in [0.717, 1.165) is 0 Å². The van der Waals surface area contributed by atoms with Crippen molar-refractivity contribution in [3.05, 3.63) is 0 Å². The third-order valence-electron chi connectivity index (χ3n) is 1.62. The van der Waals surface area contributed by atoms with Gasteiger partial charge < -0.3 is 16.3 Å². The number of nitrogens with two attached hydrogens (primary N) is 1. The molecule has 0 spiro atoms. The van der Waals surface area contributed by atoms with Gasteiger partial charge >= 0.3 is 5.51 Å². The lowest BCUT2D eigenvalue weighted by molar-refractivity contribution is -0.0327. The molecule has 1 unspecified atom stereocenters. The number of hydrogen-bond donors (Lipinski definition) is 3. The van der Waals surface area contributed by atoms with Crippen molar-refractivity contribution in [2.75, 3.05) is 18.8 Å². The lowest BCUT2D eigenvalue weighted by atomic mass is 10.1. The van der Waals surface area contributed by atoms with Crippen molar-refractivity contribution in [2.24, 2.45) is 16.8 Å². The Kier molecular flexibility index (Phi) is 6.50. The Labute approximate surface area is 90.1 Å². The quantitative estimate of drug-likeness (QED) is 0.216. The fourth-order valence-electron chi connectivity index (χ4n) is 0.761. The van der Waals surface area contributed by atoms with Gasteiger partial charge in [-0.3, -0.25) is 0 Å². The highest BCUT2D eigenvalue weighted by Crippen LogP contribution is 2.29. The number of hydrogen-bond acceptors (Lipinski definition) is 4. The topological polar surface area (TPSA) is 70.6 Å². The van der Waals surface area contributed by atoms with Crippen molar-refractivity contribution < 1.29 is 18.4 Å². The first kappa shape index (κ1) is 14.4. The van der Waals surface area contributed by atoms with E-state index in [1.54, 1.807) is 6.92 Å². The molecule has 4 nitrogen and oxygen atoms in total. The van der Waals surface area contributed by atoms with Crippen molar-refractivity contribution in [3.8, 4) is 0 Å². The van der Waals surface area contributed by atoms with Gasteiger partial charge in [0.2, 0.25) is 0 Å². The molecular weight excluding hydrogens is 231 g/mol. The van der Waals surface area contributed by atoms with E-state index in [2.05, 4.69) is 10.5 Å². The molecule has 0 aliphatic carbocycles. The summed E-state index contributed by atoms with van der Waals surface area (Å²) >= 11 is -0.0740. The number of rotatable bonds is 6. The van der Waals surface area contributed by atoms with Gasteiger partial charge in [-0.05, 0) is 11.8 Å². The predicted octanol–water partition coefficient (Wildman–Crippen LogP) is 1.21. The largest absolute Gasteiger partial charge is 0.441 e. The number of alkyl halides is 3. The van der Waals surface area contributed by atoms with Gasteiger partial charge in [-0.15, -0.1) is 0 Å². The standard InChI is InChI=1S/C7H14F3N3OS/c1-5(6(11)13-14)4-12-2-3-15-7(8,9)10/h5,12,14H,2-4H2,1H3,(H2,11,13). The SMILES string of the molecule is CC(CNCCSC(F)(F)F)C(N)=NO. The molecule has 0 aromatic rings. The molecule has 0 radical (unpaired) electrons. The number of nitrogens with zero attached hydrogens (tertiary/aromatic N) is 1. The Bertz CT molecular complexity index is 210. The van der Waals surface area contributed by atoms with E-state index in [1.807, 2.05) is 0 Å². The zero-order chi connectivity index (χ0) is 11.9. The van der Waals surface area contributed by atoms with E-state index in [1.165, 1.54) is 0 Å². The van der Waals surface area contributed by atoms with Gasteiger partial charge in [0, 0.05) is 24.8 Å². The highest BCUT2D eigenvalue weighted by Gasteiger charge is 2.27. The smallest absolute Gasteiger partial charge is 0.409 e. The third-order valence-corrected chi connectivity index (χ3v) is 2.35. The molecule has 0 rings (SSSR count). The maximum Gasteiger partial charge on any atom is 0.441 e. The Balaban J connectivity index is 3.47. The first-order valence-corrected chi connectivity index (χ1v) is 5.24. The molecule has 0 fully saturated rings. The predicted molar refractivity (Wildman–Crippen MR) is 54.0 cm³/mol. The minimum absolute atomic E-state index is 0.0492. The number of oxime groups is 1. The van der Waals surface area contributed by atoms with Gasteiger partial charge in [0.25, 0.3) is 0 Å². The van der Waals surface area contributed by atoms with E-state index < -0.39 is 5.51 Å². The Morgan fingerprint density at radius 1 is 1.60 bits per heavy atom. The number of nitrogens with one attached hydrogen (secondary N) is 1. The number of halogens is 3. The van der Waals surface area contributed by atoms with Crippen LogP contribution in [0.5, 0.6) is 0 Å². The zero-order valence-electron chi connectivity index (χ0n) is 8.21.